The van der Waals surface area contributed by atoms with Crippen molar-refractivity contribution in [1.82, 2.24) is 4.58 Å². The molecule has 11 heteroatoms. The summed E-state index contributed by atoms with van der Waals surface area (Å²) in [6.45, 7) is 4.48. The summed E-state index contributed by atoms with van der Waals surface area (Å²) in [5.41, 5.74) is 10.2. The van der Waals surface area contributed by atoms with E-state index in [-0.39, 0.29) is 4.90 Å². The maximum atomic E-state index is 12.0. The van der Waals surface area contributed by atoms with Crippen molar-refractivity contribution in [1.29, 1.82) is 0 Å². The van der Waals surface area contributed by atoms with Crippen LogP contribution in [0.15, 0.2) is 41.3 Å². The van der Waals surface area contributed by atoms with Gasteiger partial charge in [0.1, 0.15) is 24.6 Å². The number of benzene rings is 3. The zero-order valence-corrected chi connectivity index (χ0v) is 25.4. The average molecular weight is 627 g/mol. The lowest BCUT2D eigenvalue weighted by atomic mass is 9.82. The molecule has 0 saturated carbocycles. The molecule has 0 aliphatic carbocycles. The van der Waals surface area contributed by atoms with Crippen LogP contribution in [-0.4, -0.2) is 47.9 Å². The number of nitrogens with zero attached hydrogens (tertiary/aromatic N) is 2. The summed E-state index contributed by atoms with van der Waals surface area (Å²) in [5.74, 6) is 2.02. The summed E-state index contributed by atoms with van der Waals surface area (Å²) in [4.78, 5) is 2.69. The Morgan fingerprint density at radius 3 is 2.26 bits per heavy atom. The molecule has 0 amide bonds. The summed E-state index contributed by atoms with van der Waals surface area (Å²) in [5, 5.41) is 2.55. The largest absolute Gasteiger partial charge is 0.750 e. The second-order valence-electron chi connectivity index (χ2n) is 11.5. The molecule has 5 aliphatic heterocycles. The molecule has 0 aromatic heterocycles. The highest BCUT2D eigenvalue weighted by atomic mass is 35.7. The molecule has 1 N–H and O–H groups in total. The van der Waals surface area contributed by atoms with Crippen LogP contribution in [0.1, 0.15) is 59.1 Å². The molecule has 1 unspecified atom stereocenters. The maximum Gasteiger partial charge on any atom is 0.261 e. The molecule has 3 aromatic rings. The summed E-state index contributed by atoms with van der Waals surface area (Å²) in [6, 6.07) is 11.8. The van der Waals surface area contributed by atoms with Crippen LogP contribution in [0, 0.1) is 0 Å². The molecular weight excluding hydrogens is 596 g/mol. The molecule has 8 nitrogen and oxygen atoms in total. The molecule has 0 bridgehead atoms. The van der Waals surface area contributed by atoms with Gasteiger partial charge in [-0.3, -0.25) is 0 Å². The smallest absolute Gasteiger partial charge is 0.261 e. The van der Waals surface area contributed by atoms with Crippen LogP contribution in [0.25, 0.3) is 5.57 Å². The van der Waals surface area contributed by atoms with Crippen LogP contribution in [0.5, 0.6) is 11.5 Å². The van der Waals surface area contributed by atoms with Crippen molar-refractivity contribution in [2.24, 2.45) is 0 Å². The first kappa shape index (κ1) is 28.0. The second-order valence-corrected chi connectivity index (χ2v) is 14.5. The van der Waals surface area contributed by atoms with E-state index in [1.807, 2.05) is 12.1 Å². The molecule has 42 heavy (non-hydrogen) atoms. The molecule has 0 saturated heterocycles. The number of fused-ring (bicyclic) bond motifs is 4. The summed E-state index contributed by atoms with van der Waals surface area (Å²) in [7, 11) is 1.89. The van der Waals surface area contributed by atoms with Crippen LogP contribution in [0.4, 0.5) is 5.69 Å². The van der Waals surface area contributed by atoms with Gasteiger partial charge in [-0.15, -0.1) is 0 Å². The van der Waals surface area contributed by atoms with Gasteiger partial charge in [-0.25, -0.2) is 17.2 Å². The summed E-state index contributed by atoms with van der Waals surface area (Å²) in [6.07, 6.45) is 8.85. The van der Waals surface area contributed by atoms with Gasteiger partial charge in [0, 0.05) is 69.8 Å². The molecule has 0 spiro atoms. The molecule has 0 radical (unpaired) electrons. The maximum absolute atomic E-state index is 12.0. The standard InChI is InChI=1S/C31H30ClN2O3S.H2O3S/c32-38(35,36)22-11-9-19(10-12-22)27-25-17-20-5-1-13-33-15-3-7-23(28(20)33)30(25)37-31-24-8-4-16-34-14-2-6-21(29(24)34)18-26(27)31;1-4(2)3/h9-12,17-18H,1-8,13-16H2;(H2,1,2,3)/q+1;/p-1. The van der Waals surface area contributed by atoms with Crippen LogP contribution < -0.4 is 24.8 Å². The van der Waals surface area contributed by atoms with Gasteiger partial charge in [0.2, 0.25) is 5.36 Å². The molecular formula is C31H31ClN2O6S2. The Morgan fingerprint density at radius 2 is 1.55 bits per heavy atom. The van der Waals surface area contributed by atoms with E-state index in [0.717, 1.165) is 98.1 Å². The van der Waals surface area contributed by atoms with Gasteiger partial charge in [-0.1, -0.05) is 12.1 Å². The molecule has 220 valence electrons. The Kier molecular flexibility index (Phi) is 7.18. The molecule has 8 rings (SSSR count). The van der Waals surface area contributed by atoms with Gasteiger partial charge in [-0.2, -0.15) is 0 Å². The predicted octanol–water partition coefficient (Wildman–Crippen LogP) is 3.39. The van der Waals surface area contributed by atoms with Crippen molar-refractivity contribution < 1.29 is 26.5 Å². The van der Waals surface area contributed by atoms with E-state index in [1.165, 1.54) is 46.1 Å². The highest BCUT2D eigenvalue weighted by Gasteiger charge is 2.35. The molecule has 0 fully saturated rings. The Labute approximate surface area is 251 Å². The van der Waals surface area contributed by atoms with Crippen molar-refractivity contribution in [2.75, 3.05) is 31.1 Å². The van der Waals surface area contributed by atoms with E-state index in [9.17, 15) is 8.42 Å². The van der Waals surface area contributed by atoms with Crippen molar-refractivity contribution in [3.8, 4) is 11.5 Å². The number of anilines is 1. The van der Waals surface area contributed by atoms with E-state index in [1.54, 1.807) is 12.1 Å². The summed E-state index contributed by atoms with van der Waals surface area (Å²) >= 11 is -2.86. The Balaban J connectivity index is 0.000000680. The van der Waals surface area contributed by atoms with Gasteiger partial charge in [0.15, 0.2) is 0 Å². The zero-order valence-electron chi connectivity index (χ0n) is 23.0. The van der Waals surface area contributed by atoms with Crippen LogP contribution in [0.2, 0.25) is 0 Å². The number of rotatable bonds is 2. The molecule has 1 atom stereocenters. The highest BCUT2D eigenvalue weighted by molar-refractivity contribution is 8.13. The van der Waals surface area contributed by atoms with Crippen LogP contribution >= 0.6 is 10.7 Å². The van der Waals surface area contributed by atoms with Gasteiger partial charge < -0.3 is 18.7 Å². The van der Waals surface area contributed by atoms with Gasteiger partial charge >= 0.3 is 0 Å². The first-order chi connectivity index (χ1) is 20.2. The number of aryl methyl sites for hydroxylation is 2. The minimum atomic E-state index is -3.79. The van der Waals surface area contributed by atoms with Crippen molar-refractivity contribution in [3.05, 3.63) is 80.4 Å². The quantitative estimate of drug-likeness (QED) is 0.206. The Morgan fingerprint density at radius 1 is 0.905 bits per heavy atom. The normalized spacial score (nSPS) is 18.9. The van der Waals surface area contributed by atoms with E-state index >= 15 is 0 Å². The minimum absolute atomic E-state index is 0.128. The van der Waals surface area contributed by atoms with Gasteiger partial charge in [0.25, 0.3) is 9.05 Å². The lowest BCUT2D eigenvalue weighted by Gasteiger charge is -2.39. The third kappa shape index (κ3) is 4.77. The molecule has 5 aliphatic rings. The topological polar surface area (TPSA) is 110 Å². The van der Waals surface area contributed by atoms with E-state index < -0.39 is 20.4 Å². The van der Waals surface area contributed by atoms with Gasteiger partial charge in [0.05, 0.1) is 21.8 Å². The van der Waals surface area contributed by atoms with E-state index in [0.29, 0.717) is 0 Å². The summed E-state index contributed by atoms with van der Waals surface area (Å²) < 4.78 is 57.7. The number of ether oxygens (including phenoxy) is 1. The molecule has 3 aromatic carbocycles. The van der Waals surface area contributed by atoms with Gasteiger partial charge in [-0.05, 0) is 73.9 Å². The zero-order chi connectivity index (χ0) is 29.2. The second kappa shape index (κ2) is 10.7. The number of hydrogen-bond donors (Lipinski definition) is 1. The van der Waals surface area contributed by atoms with Crippen LogP contribution in [-0.2, 0) is 46.1 Å². The molecule has 5 heterocycles. The first-order valence-electron chi connectivity index (χ1n) is 14.5. The third-order valence-electron chi connectivity index (χ3n) is 9.11. The van der Waals surface area contributed by atoms with Crippen molar-refractivity contribution in [2.45, 2.75) is 56.3 Å². The lowest BCUT2D eigenvalue weighted by Crippen LogP contribution is -2.45. The van der Waals surface area contributed by atoms with Crippen LogP contribution in [0.3, 0.4) is 0 Å². The monoisotopic (exact) mass is 626 g/mol. The fraction of sp³-hybridized carbons (Fsp3) is 0.387. The van der Waals surface area contributed by atoms with E-state index in [4.69, 9.17) is 28.7 Å². The fourth-order valence-corrected chi connectivity index (χ4v) is 8.38. The average Bonchev–Trinajstić information content (AvgIpc) is 2.96. The van der Waals surface area contributed by atoms with E-state index in [2.05, 4.69) is 21.6 Å². The van der Waals surface area contributed by atoms with Crippen molar-refractivity contribution >= 4 is 42.4 Å². The number of halogens is 1. The highest BCUT2D eigenvalue weighted by Crippen LogP contribution is 2.48. The van der Waals surface area contributed by atoms with Crippen molar-refractivity contribution in [3.63, 3.8) is 0 Å². The third-order valence-corrected chi connectivity index (χ3v) is 10.5. The SMILES string of the molecule is O=S(=O)(Cl)c1ccc(C2=c3cc4c5c(c3Oc3c2cc2c6c3CCCN6CCC2)CCC[N+]=5CCC4)cc1.O=S([O-])O. The Bertz CT molecular complexity index is 1880. The predicted molar refractivity (Wildman–Crippen MR) is 161 cm³/mol. The lowest BCUT2D eigenvalue weighted by molar-refractivity contribution is 0.431. The Hall–Kier alpha value is -2.76. The fourth-order valence-electron chi connectivity index (χ4n) is 7.61. The number of hydrogen-bond acceptors (Lipinski definition) is 6. The first-order valence-corrected chi connectivity index (χ1v) is 17.8. The minimum Gasteiger partial charge on any atom is -0.750 e.